The van der Waals surface area contributed by atoms with Crippen LogP contribution in [0.1, 0.15) is 31.7 Å². The van der Waals surface area contributed by atoms with Crippen LogP contribution in [0.15, 0.2) is 12.1 Å². The zero-order valence-corrected chi connectivity index (χ0v) is 11.8. The summed E-state index contributed by atoms with van der Waals surface area (Å²) in [7, 11) is 1.56. The smallest absolute Gasteiger partial charge is 0.156 e. The van der Waals surface area contributed by atoms with Gasteiger partial charge in [-0.3, -0.25) is 0 Å². The predicted molar refractivity (Wildman–Crippen MR) is 74.2 cm³/mol. The third-order valence-electron chi connectivity index (χ3n) is 2.83. The lowest BCUT2D eigenvalue weighted by Crippen LogP contribution is -2.18. The van der Waals surface area contributed by atoms with E-state index < -0.39 is 0 Å². The van der Waals surface area contributed by atoms with Gasteiger partial charge in [-0.25, -0.2) is 0 Å². The Kier molecular flexibility index (Phi) is 6.10. The highest BCUT2D eigenvalue weighted by Gasteiger charge is 2.08. The van der Waals surface area contributed by atoms with Crippen molar-refractivity contribution in [2.45, 2.75) is 38.6 Å². The minimum absolute atomic E-state index is 0.291. The van der Waals surface area contributed by atoms with Gasteiger partial charge in [-0.1, -0.05) is 30.1 Å². The van der Waals surface area contributed by atoms with E-state index in [2.05, 4.69) is 6.92 Å². The number of hydrogen-bond acceptors (Lipinski definition) is 2. The van der Waals surface area contributed by atoms with Crippen LogP contribution in [-0.2, 0) is 6.42 Å². The fraction of sp³-hybridized carbons (Fsp3) is 0.538. The molecule has 1 atom stereocenters. The molecule has 4 heteroatoms. The lowest BCUT2D eigenvalue weighted by Gasteiger charge is -2.10. The van der Waals surface area contributed by atoms with Gasteiger partial charge in [0.15, 0.2) is 5.75 Å². The van der Waals surface area contributed by atoms with Crippen molar-refractivity contribution in [1.29, 1.82) is 0 Å². The Morgan fingerprint density at radius 2 is 1.88 bits per heavy atom. The molecule has 0 amide bonds. The number of benzene rings is 1. The molecule has 0 spiro atoms. The Balaban J connectivity index is 2.61. The molecule has 17 heavy (non-hydrogen) atoms. The van der Waals surface area contributed by atoms with E-state index in [1.807, 2.05) is 12.1 Å². The molecular formula is C13H19Cl2NO. The standard InChI is InChI=1S/C13H19Cl2NO/c1-3-10(16)6-4-5-9-7-11(14)13(17-2)12(15)8-9/h7-8,10H,3-6,16H2,1-2H3. The first-order valence-corrected chi connectivity index (χ1v) is 6.61. The fourth-order valence-corrected chi connectivity index (χ4v) is 2.41. The van der Waals surface area contributed by atoms with Crippen LogP contribution in [0.3, 0.4) is 0 Å². The summed E-state index contributed by atoms with van der Waals surface area (Å²) in [5.41, 5.74) is 7.00. The monoisotopic (exact) mass is 275 g/mol. The lowest BCUT2D eigenvalue weighted by atomic mass is 10.0. The second-order valence-electron chi connectivity index (χ2n) is 4.15. The SMILES string of the molecule is CCC(N)CCCc1cc(Cl)c(OC)c(Cl)c1. The molecule has 1 aromatic carbocycles. The van der Waals surface area contributed by atoms with E-state index in [0.29, 0.717) is 21.8 Å². The van der Waals surface area contributed by atoms with Crippen molar-refractivity contribution < 1.29 is 4.74 Å². The van der Waals surface area contributed by atoms with Crippen molar-refractivity contribution in [2.24, 2.45) is 5.73 Å². The Bertz CT molecular complexity index is 345. The summed E-state index contributed by atoms with van der Waals surface area (Å²) in [4.78, 5) is 0. The molecule has 0 aliphatic rings. The average molecular weight is 276 g/mol. The molecule has 0 fully saturated rings. The normalized spacial score (nSPS) is 12.5. The number of rotatable bonds is 6. The van der Waals surface area contributed by atoms with Crippen molar-refractivity contribution in [3.8, 4) is 5.75 Å². The van der Waals surface area contributed by atoms with Crippen LogP contribution in [0.5, 0.6) is 5.75 Å². The zero-order chi connectivity index (χ0) is 12.8. The third kappa shape index (κ3) is 4.38. The Morgan fingerprint density at radius 1 is 1.29 bits per heavy atom. The number of methoxy groups -OCH3 is 1. The summed E-state index contributed by atoms with van der Waals surface area (Å²) in [6.45, 7) is 2.10. The zero-order valence-electron chi connectivity index (χ0n) is 10.3. The van der Waals surface area contributed by atoms with E-state index in [0.717, 1.165) is 31.2 Å². The maximum Gasteiger partial charge on any atom is 0.156 e. The maximum atomic E-state index is 6.07. The van der Waals surface area contributed by atoms with Gasteiger partial charge in [0.2, 0.25) is 0 Å². The maximum absolute atomic E-state index is 6.07. The molecule has 0 heterocycles. The first kappa shape index (κ1) is 14.6. The largest absolute Gasteiger partial charge is 0.494 e. The summed E-state index contributed by atoms with van der Waals surface area (Å²) in [6.07, 6.45) is 4.03. The van der Waals surface area contributed by atoms with Gasteiger partial charge in [0.1, 0.15) is 0 Å². The quantitative estimate of drug-likeness (QED) is 0.850. The van der Waals surface area contributed by atoms with Gasteiger partial charge in [0.05, 0.1) is 17.2 Å². The number of halogens is 2. The molecule has 1 rings (SSSR count). The highest BCUT2D eigenvalue weighted by atomic mass is 35.5. The Labute approximate surface area is 113 Å². The van der Waals surface area contributed by atoms with E-state index in [1.165, 1.54) is 0 Å². The highest BCUT2D eigenvalue weighted by molar-refractivity contribution is 6.37. The van der Waals surface area contributed by atoms with E-state index in [-0.39, 0.29) is 0 Å². The first-order chi connectivity index (χ1) is 8.08. The highest BCUT2D eigenvalue weighted by Crippen LogP contribution is 2.34. The summed E-state index contributed by atoms with van der Waals surface area (Å²) >= 11 is 12.1. The molecule has 2 N–H and O–H groups in total. The summed E-state index contributed by atoms with van der Waals surface area (Å²) in [5, 5.41) is 1.13. The van der Waals surface area contributed by atoms with Gasteiger partial charge in [0, 0.05) is 6.04 Å². The molecule has 2 nitrogen and oxygen atoms in total. The topological polar surface area (TPSA) is 35.2 Å². The lowest BCUT2D eigenvalue weighted by molar-refractivity contribution is 0.415. The third-order valence-corrected chi connectivity index (χ3v) is 3.39. The van der Waals surface area contributed by atoms with Crippen LogP contribution < -0.4 is 10.5 Å². The molecule has 0 aromatic heterocycles. The first-order valence-electron chi connectivity index (χ1n) is 5.86. The van der Waals surface area contributed by atoms with Gasteiger partial charge in [-0.15, -0.1) is 0 Å². The second kappa shape index (κ2) is 7.10. The van der Waals surface area contributed by atoms with Gasteiger partial charge >= 0.3 is 0 Å². The van der Waals surface area contributed by atoms with Crippen LogP contribution in [0.25, 0.3) is 0 Å². The molecule has 0 saturated carbocycles. The summed E-state index contributed by atoms with van der Waals surface area (Å²) in [5.74, 6) is 0.544. The average Bonchev–Trinajstić information content (AvgIpc) is 2.28. The minimum atomic E-state index is 0.291. The second-order valence-corrected chi connectivity index (χ2v) is 4.97. The van der Waals surface area contributed by atoms with E-state index in [4.69, 9.17) is 33.7 Å². The van der Waals surface area contributed by atoms with Crippen LogP contribution in [0.4, 0.5) is 0 Å². The molecule has 0 bridgehead atoms. The fourth-order valence-electron chi connectivity index (χ4n) is 1.72. The molecule has 1 aromatic rings. The van der Waals surface area contributed by atoms with Crippen molar-refractivity contribution in [2.75, 3.05) is 7.11 Å². The van der Waals surface area contributed by atoms with Crippen molar-refractivity contribution in [1.82, 2.24) is 0 Å². The summed E-state index contributed by atoms with van der Waals surface area (Å²) in [6, 6.07) is 4.10. The van der Waals surface area contributed by atoms with Gasteiger partial charge in [0.25, 0.3) is 0 Å². The van der Waals surface area contributed by atoms with Crippen LogP contribution in [-0.4, -0.2) is 13.2 Å². The molecule has 0 saturated heterocycles. The number of aryl methyl sites for hydroxylation is 1. The molecular weight excluding hydrogens is 257 g/mol. The summed E-state index contributed by atoms with van der Waals surface area (Å²) < 4.78 is 5.11. The van der Waals surface area contributed by atoms with Gasteiger partial charge < -0.3 is 10.5 Å². The number of hydrogen-bond donors (Lipinski definition) is 1. The van der Waals surface area contributed by atoms with Crippen molar-refractivity contribution in [3.05, 3.63) is 27.7 Å². The number of nitrogens with two attached hydrogens (primary N) is 1. The molecule has 0 radical (unpaired) electrons. The Hall–Kier alpha value is -0.440. The van der Waals surface area contributed by atoms with Gasteiger partial charge in [-0.05, 0) is 43.4 Å². The molecule has 0 aliphatic carbocycles. The van der Waals surface area contributed by atoms with Crippen molar-refractivity contribution in [3.63, 3.8) is 0 Å². The molecule has 0 aliphatic heterocycles. The van der Waals surface area contributed by atoms with E-state index in [1.54, 1.807) is 7.11 Å². The molecule has 1 unspecified atom stereocenters. The molecule has 96 valence electrons. The van der Waals surface area contributed by atoms with Crippen LogP contribution in [0, 0.1) is 0 Å². The van der Waals surface area contributed by atoms with Crippen LogP contribution >= 0.6 is 23.2 Å². The van der Waals surface area contributed by atoms with E-state index >= 15 is 0 Å². The van der Waals surface area contributed by atoms with Crippen LogP contribution in [0.2, 0.25) is 10.0 Å². The predicted octanol–water partition coefficient (Wildman–Crippen LogP) is 4.06. The van der Waals surface area contributed by atoms with Gasteiger partial charge in [-0.2, -0.15) is 0 Å². The van der Waals surface area contributed by atoms with Crippen molar-refractivity contribution >= 4 is 23.2 Å². The van der Waals surface area contributed by atoms with E-state index in [9.17, 15) is 0 Å². The minimum Gasteiger partial charge on any atom is -0.494 e. The number of ether oxygens (including phenoxy) is 1. The Morgan fingerprint density at radius 3 is 2.35 bits per heavy atom.